The number of carboxylic acids is 1. The van der Waals surface area contributed by atoms with Gasteiger partial charge in [-0.15, -0.1) is 0 Å². The fourth-order valence-corrected chi connectivity index (χ4v) is 3.30. The summed E-state index contributed by atoms with van der Waals surface area (Å²) in [6.07, 6.45) is -7.15. The monoisotopic (exact) mass is 509 g/mol. The second-order valence-corrected chi connectivity index (χ2v) is 7.76. The first-order valence-corrected chi connectivity index (χ1v) is 10.6. The molecule has 0 fully saturated rings. The standard InChI is InChI=1S/C23H20F3N3.C2HF3O2/c24-23(25,26)20-3-1-2-16(12-20)10-11-27-14-17-4-6-18(7-5-17)19-8-9-21-22(13-19)29-15-28-21;3-2(4,5)1(6)7/h1-9,12-13,15,27H,10-11,14H2,(H,28,29);(H,6,7). The van der Waals surface area contributed by atoms with E-state index in [0.29, 0.717) is 25.1 Å². The van der Waals surface area contributed by atoms with Gasteiger partial charge in [-0.05, 0) is 53.4 Å². The van der Waals surface area contributed by atoms with Crippen molar-refractivity contribution in [3.8, 4) is 11.1 Å². The van der Waals surface area contributed by atoms with E-state index in [-0.39, 0.29) is 0 Å². The number of halogens is 6. The highest BCUT2D eigenvalue weighted by atomic mass is 19.4. The lowest BCUT2D eigenvalue weighted by molar-refractivity contribution is -0.192. The van der Waals surface area contributed by atoms with Gasteiger partial charge in [0.2, 0.25) is 0 Å². The molecule has 0 saturated carbocycles. The third-order valence-electron chi connectivity index (χ3n) is 5.12. The summed E-state index contributed by atoms with van der Waals surface area (Å²) < 4.78 is 70.1. The maximum atomic E-state index is 12.8. The summed E-state index contributed by atoms with van der Waals surface area (Å²) in [6.45, 7) is 1.28. The molecule has 0 unspecified atom stereocenters. The van der Waals surface area contributed by atoms with E-state index in [1.165, 1.54) is 12.1 Å². The zero-order valence-electron chi connectivity index (χ0n) is 18.6. The van der Waals surface area contributed by atoms with Crippen LogP contribution in [0.4, 0.5) is 26.3 Å². The Kier molecular flexibility index (Phi) is 8.36. The van der Waals surface area contributed by atoms with E-state index in [2.05, 4.69) is 45.6 Å². The number of hydrogen-bond acceptors (Lipinski definition) is 3. The van der Waals surface area contributed by atoms with Crippen LogP contribution in [-0.2, 0) is 23.9 Å². The number of hydrogen-bond donors (Lipinski definition) is 3. The first kappa shape index (κ1) is 26.7. The number of imidazole rings is 1. The van der Waals surface area contributed by atoms with Crippen LogP contribution in [0.2, 0.25) is 0 Å². The average molecular weight is 509 g/mol. The molecule has 0 saturated heterocycles. The van der Waals surface area contributed by atoms with Gasteiger partial charge in [-0.1, -0.05) is 48.5 Å². The van der Waals surface area contributed by atoms with Gasteiger partial charge in [0, 0.05) is 6.54 Å². The van der Waals surface area contributed by atoms with Crippen LogP contribution in [0, 0.1) is 0 Å². The van der Waals surface area contributed by atoms with Crippen molar-refractivity contribution in [1.82, 2.24) is 15.3 Å². The number of alkyl halides is 6. The molecular formula is C25H21F6N3O2. The van der Waals surface area contributed by atoms with E-state index in [4.69, 9.17) is 9.90 Å². The van der Waals surface area contributed by atoms with E-state index < -0.39 is 23.9 Å². The number of H-pyrrole nitrogens is 1. The zero-order valence-corrected chi connectivity index (χ0v) is 18.6. The van der Waals surface area contributed by atoms with Gasteiger partial charge in [-0.3, -0.25) is 0 Å². The second kappa shape index (κ2) is 11.3. The molecule has 0 radical (unpaired) electrons. The van der Waals surface area contributed by atoms with Crippen LogP contribution in [-0.4, -0.2) is 33.8 Å². The Bertz CT molecular complexity index is 1300. The van der Waals surface area contributed by atoms with E-state index >= 15 is 0 Å². The Hall–Kier alpha value is -3.86. The SMILES string of the molecule is FC(F)(F)c1cccc(CCNCc2ccc(-c3ccc4nc[nH]c4c3)cc2)c1.O=C(O)C(F)(F)F. The van der Waals surface area contributed by atoms with Crippen molar-refractivity contribution in [3.05, 3.63) is 89.7 Å². The fraction of sp³-hybridized carbons (Fsp3) is 0.200. The number of nitrogens with zero attached hydrogens (tertiary/aromatic N) is 1. The number of nitrogens with one attached hydrogen (secondary N) is 2. The number of carbonyl (C=O) groups is 1. The molecule has 0 spiro atoms. The van der Waals surface area contributed by atoms with Crippen molar-refractivity contribution in [2.45, 2.75) is 25.3 Å². The van der Waals surface area contributed by atoms with Gasteiger partial charge in [0.1, 0.15) is 0 Å². The van der Waals surface area contributed by atoms with Gasteiger partial charge in [-0.25, -0.2) is 9.78 Å². The van der Waals surface area contributed by atoms with E-state index in [1.54, 1.807) is 12.4 Å². The summed E-state index contributed by atoms with van der Waals surface area (Å²) in [4.78, 5) is 16.2. The molecule has 3 N–H and O–H groups in total. The molecular weight excluding hydrogens is 488 g/mol. The molecule has 1 aromatic heterocycles. The molecule has 36 heavy (non-hydrogen) atoms. The Morgan fingerprint density at radius 3 is 2.19 bits per heavy atom. The normalized spacial score (nSPS) is 11.7. The number of carboxylic acid groups (broad SMARTS) is 1. The molecule has 0 bridgehead atoms. The minimum atomic E-state index is -5.08. The summed E-state index contributed by atoms with van der Waals surface area (Å²) in [7, 11) is 0. The van der Waals surface area contributed by atoms with Gasteiger partial charge in [0.05, 0.1) is 22.9 Å². The van der Waals surface area contributed by atoms with Crippen molar-refractivity contribution in [1.29, 1.82) is 0 Å². The van der Waals surface area contributed by atoms with Crippen molar-refractivity contribution in [3.63, 3.8) is 0 Å². The predicted molar refractivity (Wildman–Crippen MR) is 122 cm³/mol. The zero-order chi connectivity index (χ0) is 26.3. The summed E-state index contributed by atoms with van der Waals surface area (Å²) in [5, 5.41) is 10.4. The maximum absolute atomic E-state index is 12.8. The minimum absolute atomic E-state index is 0.548. The highest BCUT2D eigenvalue weighted by molar-refractivity contribution is 5.81. The molecule has 5 nitrogen and oxygen atoms in total. The summed E-state index contributed by atoms with van der Waals surface area (Å²) in [5.74, 6) is -2.76. The summed E-state index contributed by atoms with van der Waals surface area (Å²) in [5.41, 5.74) is 5.38. The topological polar surface area (TPSA) is 78.0 Å². The van der Waals surface area contributed by atoms with Gasteiger partial charge in [0.25, 0.3) is 0 Å². The lowest BCUT2D eigenvalue weighted by atomic mass is 10.0. The number of fused-ring (bicyclic) bond motifs is 1. The lowest BCUT2D eigenvalue weighted by Gasteiger charge is -2.10. The highest BCUT2D eigenvalue weighted by Crippen LogP contribution is 2.29. The van der Waals surface area contributed by atoms with E-state index in [9.17, 15) is 26.3 Å². The van der Waals surface area contributed by atoms with Crippen LogP contribution in [0.1, 0.15) is 16.7 Å². The molecule has 0 aliphatic carbocycles. The number of rotatable bonds is 6. The molecule has 0 amide bonds. The maximum Gasteiger partial charge on any atom is 0.490 e. The molecule has 190 valence electrons. The quantitative estimate of drug-likeness (QED) is 0.213. The van der Waals surface area contributed by atoms with Crippen molar-refractivity contribution in [2.24, 2.45) is 0 Å². The van der Waals surface area contributed by atoms with Gasteiger partial charge in [0.15, 0.2) is 0 Å². The van der Waals surface area contributed by atoms with Gasteiger partial charge < -0.3 is 15.4 Å². The lowest BCUT2D eigenvalue weighted by Crippen LogP contribution is -2.21. The number of aromatic amines is 1. The van der Waals surface area contributed by atoms with Crippen LogP contribution in [0.3, 0.4) is 0 Å². The predicted octanol–water partition coefficient (Wildman–Crippen LogP) is 6.21. The Labute approximate surface area is 201 Å². The molecule has 0 aliphatic rings. The van der Waals surface area contributed by atoms with Gasteiger partial charge in [-0.2, -0.15) is 26.3 Å². The Balaban J connectivity index is 0.000000454. The van der Waals surface area contributed by atoms with Crippen molar-refractivity contribution >= 4 is 17.0 Å². The van der Waals surface area contributed by atoms with E-state index in [0.717, 1.165) is 33.8 Å². The van der Waals surface area contributed by atoms with Crippen LogP contribution in [0.15, 0.2) is 73.1 Å². The molecule has 1 heterocycles. The fourth-order valence-electron chi connectivity index (χ4n) is 3.30. The second-order valence-electron chi connectivity index (χ2n) is 7.76. The third kappa shape index (κ3) is 7.57. The third-order valence-corrected chi connectivity index (χ3v) is 5.12. The molecule has 3 aromatic carbocycles. The smallest absolute Gasteiger partial charge is 0.475 e. The number of aliphatic carboxylic acids is 1. The first-order valence-electron chi connectivity index (χ1n) is 10.6. The Morgan fingerprint density at radius 2 is 1.56 bits per heavy atom. The minimum Gasteiger partial charge on any atom is -0.475 e. The van der Waals surface area contributed by atoms with Gasteiger partial charge >= 0.3 is 18.3 Å². The van der Waals surface area contributed by atoms with Crippen LogP contribution in [0.5, 0.6) is 0 Å². The number of aromatic nitrogens is 2. The Morgan fingerprint density at radius 1 is 0.889 bits per heavy atom. The van der Waals surface area contributed by atoms with Crippen molar-refractivity contribution in [2.75, 3.05) is 6.54 Å². The summed E-state index contributed by atoms with van der Waals surface area (Å²) in [6, 6.07) is 19.9. The first-order chi connectivity index (χ1) is 16.9. The van der Waals surface area contributed by atoms with Crippen LogP contribution < -0.4 is 5.32 Å². The highest BCUT2D eigenvalue weighted by Gasteiger charge is 2.38. The average Bonchev–Trinajstić information content (AvgIpc) is 3.30. The largest absolute Gasteiger partial charge is 0.490 e. The van der Waals surface area contributed by atoms with E-state index in [1.807, 2.05) is 12.1 Å². The van der Waals surface area contributed by atoms with Crippen molar-refractivity contribution < 1.29 is 36.2 Å². The molecule has 11 heteroatoms. The van der Waals surface area contributed by atoms with Crippen LogP contribution in [0.25, 0.3) is 22.2 Å². The molecule has 4 rings (SSSR count). The molecule has 0 aliphatic heterocycles. The van der Waals surface area contributed by atoms with Crippen LogP contribution >= 0.6 is 0 Å². The summed E-state index contributed by atoms with van der Waals surface area (Å²) >= 11 is 0. The molecule has 4 aromatic rings. The number of benzene rings is 3. The molecule has 0 atom stereocenters.